The summed E-state index contributed by atoms with van der Waals surface area (Å²) in [5.41, 5.74) is 2.00. The zero-order valence-corrected chi connectivity index (χ0v) is 9.03. The Bertz CT molecular complexity index is 334. The van der Waals surface area contributed by atoms with Gasteiger partial charge in [-0.25, -0.2) is 0 Å². The molecule has 1 aliphatic heterocycles. The number of Topliss-reactive ketones (excluding diaryl/α,β-unsaturated/α-hetero) is 1. The van der Waals surface area contributed by atoms with Crippen LogP contribution in [0.3, 0.4) is 0 Å². The molecule has 2 heteroatoms. The topological polar surface area (TPSA) is 26.3 Å². The monoisotopic (exact) mass is 204 g/mol. The van der Waals surface area contributed by atoms with Crippen LogP contribution in [-0.4, -0.2) is 19.0 Å². The summed E-state index contributed by atoms with van der Waals surface area (Å²) in [6.07, 6.45) is 1.97. The Hall–Kier alpha value is -1.15. The van der Waals surface area contributed by atoms with Gasteiger partial charge in [0.05, 0.1) is 6.61 Å². The summed E-state index contributed by atoms with van der Waals surface area (Å²) in [6, 6.07) is 7.78. The van der Waals surface area contributed by atoms with Crippen molar-refractivity contribution in [1.29, 1.82) is 0 Å². The Morgan fingerprint density at radius 1 is 1.33 bits per heavy atom. The minimum absolute atomic E-state index is 0.0708. The first-order valence-electron chi connectivity index (χ1n) is 5.46. The molecule has 1 fully saturated rings. The van der Waals surface area contributed by atoms with Gasteiger partial charge in [0.1, 0.15) is 0 Å². The van der Waals surface area contributed by atoms with Gasteiger partial charge in [0.25, 0.3) is 0 Å². The van der Waals surface area contributed by atoms with Gasteiger partial charge in [0.15, 0.2) is 5.78 Å². The fourth-order valence-corrected chi connectivity index (χ4v) is 1.90. The summed E-state index contributed by atoms with van der Waals surface area (Å²) in [5, 5.41) is 0. The average molecular weight is 204 g/mol. The lowest BCUT2D eigenvalue weighted by Crippen LogP contribution is -2.25. The highest BCUT2D eigenvalue weighted by molar-refractivity contribution is 5.98. The van der Waals surface area contributed by atoms with Crippen molar-refractivity contribution in [3.63, 3.8) is 0 Å². The van der Waals surface area contributed by atoms with E-state index < -0.39 is 0 Å². The highest BCUT2D eigenvalue weighted by atomic mass is 16.5. The Labute approximate surface area is 90.3 Å². The lowest BCUT2D eigenvalue weighted by Gasteiger charge is -2.20. The zero-order valence-electron chi connectivity index (χ0n) is 9.03. The van der Waals surface area contributed by atoms with E-state index in [1.165, 1.54) is 5.56 Å². The van der Waals surface area contributed by atoms with E-state index in [9.17, 15) is 4.79 Å². The van der Waals surface area contributed by atoms with E-state index in [-0.39, 0.29) is 11.7 Å². The van der Waals surface area contributed by atoms with E-state index in [1.54, 1.807) is 0 Å². The van der Waals surface area contributed by atoms with Crippen molar-refractivity contribution in [1.82, 2.24) is 0 Å². The number of benzene rings is 1. The van der Waals surface area contributed by atoms with Gasteiger partial charge in [0.2, 0.25) is 0 Å². The van der Waals surface area contributed by atoms with E-state index in [0.717, 1.165) is 25.0 Å². The number of hydrogen-bond acceptors (Lipinski definition) is 2. The standard InChI is InChI=1S/C13H16O2/c1-10-4-6-11(7-5-10)13(14)12-3-2-8-15-9-12/h4-7,12H,2-3,8-9H2,1H3. The molecule has 0 saturated carbocycles. The van der Waals surface area contributed by atoms with Crippen LogP contribution in [-0.2, 0) is 4.74 Å². The fraction of sp³-hybridized carbons (Fsp3) is 0.462. The minimum atomic E-state index is 0.0708. The minimum Gasteiger partial charge on any atom is -0.381 e. The Kier molecular flexibility index (Phi) is 3.17. The van der Waals surface area contributed by atoms with Crippen LogP contribution in [0, 0.1) is 12.8 Å². The molecule has 2 rings (SSSR count). The highest BCUT2D eigenvalue weighted by Gasteiger charge is 2.22. The first-order chi connectivity index (χ1) is 7.27. The molecular weight excluding hydrogens is 188 g/mol. The molecule has 0 radical (unpaired) electrons. The van der Waals surface area contributed by atoms with Gasteiger partial charge < -0.3 is 4.74 Å². The molecule has 1 aliphatic rings. The summed E-state index contributed by atoms with van der Waals surface area (Å²) in [4.78, 5) is 12.0. The van der Waals surface area contributed by atoms with Crippen molar-refractivity contribution in [2.24, 2.45) is 5.92 Å². The maximum atomic E-state index is 12.0. The van der Waals surface area contributed by atoms with Crippen molar-refractivity contribution >= 4 is 5.78 Å². The number of ether oxygens (including phenoxy) is 1. The Morgan fingerprint density at radius 3 is 2.67 bits per heavy atom. The molecule has 1 aromatic rings. The number of rotatable bonds is 2. The summed E-state index contributed by atoms with van der Waals surface area (Å²) < 4.78 is 5.33. The third-order valence-electron chi connectivity index (χ3n) is 2.87. The average Bonchev–Trinajstić information content (AvgIpc) is 2.30. The van der Waals surface area contributed by atoms with Gasteiger partial charge in [-0.1, -0.05) is 29.8 Å². The van der Waals surface area contributed by atoms with Gasteiger partial charge >= 0.3 is 0 Å². The molecule has 2 nitrogen and oxygen atoms in total. The zero-order chi connectivity index (χ0) is 10.7. The van der Waals surface area contributed by atoms with E-state index in [2.05, 4.69) is 0 Å². The first kappa shape index (κ1) is 10.4. The van der Waals surface area contributed by atoms with Crippen molar-refractivity contribution in [2.75, 3.05) is 13.2 Å². The summed E-state index contributed by atoms with van der Waals surface area (Å²) >= 11 is 0. The van der Waals surface area contributed by atoms with Gasteiger partial charge in [-0.3, -0.25) is 4.79 Å². The molecule has 1 unspecified atom stereocenters. The molecule has 0 aromatic heterocycles. The fourth-order valence-electron chi connectivity index (χ4n) is 1.90. The predicted octanol–water partition coefficient (Wildman–Crippen LogP) is 2.60. The van der Waals surface area contributed by atoms with Crippen molar-refractivity contribution in [3.05, 3.63) is 35.4 Å². The molecule has 0 N–H and O–H groups in total. The predicted molar refractivity (Wildman–Crippen MR) is 59.1 cm³/mol. The molecule has 0 bridgehead atoms. The third-order valence-corrected chi connectivity index (χ3v) is 2.87. The summed E-state index contributed by atoms with van der Waals surface area (Å²) in [6.45, 7) is 3.42. The maximum absolute atomic E-state index is 12.0. The number of carbonyl (C=O) groups excluding carboxylic acids is 1. The molecule has 0 spiro atoms. The molecular formula is C13H16O2. The summed E-state index contributed by atoms with van der Waals surface area (Å²) in [5.74, 6) is 0.302. The van der Waals surface area contributed by atoms with Crippen molar-refractivity contribution in [3.8, 4) is 0 Å². The van der Waals surface area contributed by atoms with Gasteiger partial charge in [0, 0.05) is 18.1 Å². The van der Waals surface area contributed by atoms with E-state index >= 15 is 0 Å². The first-order valence-corrected chi connectivity index (χ1v) is 5.46. The Balaban J connectivity index is 2.09. The largest absolute Gasteiger partial charge is 0.381 e. The van der Waals surface area contributed by atoms with Crippen LogP contribution in [0.15, 0.2) is 24.3 Å². The number of hydrogen-bond donors (Lipinski definition) is 0. The van der Waals surface area contributed by atoms with E-state index in [4.69, 9.17) is 4.74 Å². The molecule has 1 atom stereocenters. The van der Waals surface area contributed by atoms with Crippen LogP contribution in [0.4, 0.5) is 0 Å². The van der Waals surface area contributed by atoms with Crippen LogP contribution in [0.25, 0.3) is 0 Å². The molecule has 0 amide bonds. The number of ketones is 1. The van der Waals surface area contributed by atoms with Gasteiger partial charge in [-0.2, -0.15) is 0 Å². The van der Waals surface area contributed by atoms with Crippen molar-refractivity contribution < 1.29 is 9.53 Å². The second kappa shape index (κ2) is 4.58. The normalized spacial score (nSPS) is 21.3. The van der Waals surface area contributed by atoms with Gasteiger partial charge in [-0.15, -0.1) is 0 Å². The lowest BCUT2D eigenvalue weighted by atomic mass is 9.92. The Morgan fingerprint density at radius 2 is 2.07 bits per heavy atom. The quantitative estimate of drug-likeness (QED) is 0.692. The molecule has 1 heterocycles. The van der Waals surface area contributed by atoms with Crippen LogP contribution in [0.1, 0.15) is 28.8 Å². The van der Waals surface area contributed by atoms with Crippen LogP contribution >= 0.6 is 0 Å². The van der Waals surface area contributed by atoms with E-state index in [1.807, 2.05) is 31.2 Å². The van der Waals surface area contributed by atoms with Crippen LogP contribution < -0.4 is 0 Å². The van der Waals surface area contributed by atoms with Gasteiger partial charge in [-0.05, 0) is 19.8 Å². The second-order valence-corrected chi connectivity index (χ2v) is 4.14. The molecule has 80 valence electrons. The number of carbonyl (C=O) groups is 1. The SMILES string of the molecule is Cc1ccc(C(=O)C2CCCOC2)cc1. The third kappa shape index (κ3) is 2.45. The molecule has 15 heavy (non-hydrogen) atoms. The maximum Gasteiger partial charge on any atom is 0.168 e. The summed E-state index contributed by atoms with van der Waals surface area (Å²) in [7, 11) is 0. The smallest absolute Gasteiger partial charge is 0.168 e. The lowest BCUT2D eigenvalue weighted by molar-refractivity contribution is 0.0461. The number of aryl methyl sites for hydroxylation is 1. The van der Waals surface area contributed by atoms with E-state index in [0.29, 0.717) is 6.61 Å². The van der Waals surface area contributed by atoms with Crippen LogP contribution in [0.5, 0.6) is 0 Å². The second-order valence-electron chi connectivity index (χ2n) is 4.14. The molecule has 1 saturated heterocycles. The molecule has 0 aliphatic carbocycles. The van der Waals surface area contributed by atoms with Crippen molar-refractivity contribution in [2.45, 2.75) is 19.8 Å². The highest BCUT2D eigenvalue weighted by Crippen LogP contribution is 2.19. The molecule has 1 aromatic carbocycles. The van der Waals surface area contributed by atoms with Crippen LogP contribution in [0.2, 0.25) is 0 Å².